The molecule has 114 valence electrons. The predicted molar refractivity (Wildman–Crippen MR) is 57.0 cm³/mol. The maximum absolute atomic E-state index is 10.5. The molecule has 0 aromatic heterocycles. The molecule has 0 aromatic carbocycles. The van der Waals surface area contributed by atoms with Crippen molar-refractivity contribution in [2.75, 3.05) is 6.61 Å². The smallest absolute Gasteiger partial charge is 0.217 e. The molecule has 19 heavy (non-hydrogen) atoms. The van der Waals surface area contributed by atoms with E-state index in [0.717, 1.165) is 0 Å². The normalized spacial score (nSPS) is 33.3. The van der Waals surface area contributed by atoms with Crippen molar-refractivity contribution in [2.45, 2.75) is 31.1 Å². The lowest BCUT2D eigenvalue weighted by atomic mass is 9.83. The molecule has 3 N–H and O–H groups in total. The van der Waals surface area contributed by atoms with Crippen LogP contribution < -0.4 is 4.72 Å². The SMILES string of the molecule is O=S(=O)([O-])NC1C(O)CC(COS(=O)(=O)[O-])C[C@@H]1O. The fraction of sp³-hybridized carbons (Fsp3) is 1.00. The Kier molecular flexibility index (Phi) is 5.25. The van der Waals surface area contributed by atoms with Crippen molar-refractivity contribution in [3.8, 4) is 0 Å². The second-order valence-electron chi connectivity index (χ2n) is 4.26. The van der Waals surface area contributed by atoms with Gasteiger partial charge in [0.25, 0.3) is 0 Å². The first-order chi connectivity index (χ1) is 8.48. The van der Waals surface area contributed by atoms with Crippen molar-refractivity contribution in [1.29, 1.82) is 0 Å². The number of aliphatic hydroxyl groups excluding tert-OH is 2. The molecule has 3 unspecified atom stereocenters. The summed E-state index contributed by atoms with van der Waals surface area (Å²) in [5.41, 5.74) is 0. The quantitative estimate of drug-likeness (QED) is 0.352. The zero-order valence-electron chi connectivity index (χ0n) is 9.50. The Labute approximate surface area is 110 Å². The second-order valence-corrected chi connectivity index (χ2v) is 6.46. The number of aliphatic hydroxyl groups is 2. The van der Waals surface area contributed by atoms with E-state index in [0.29, 0.717) is 0 Å². The minimum absolute atomic E-state index is 0.125. The monoisotopic (exact) mass is 319 g/mol. The molecule has 0 bridgehead atoms. The summed E-state index contributed by atoms with van der Waals surface area (Å²) >= 11 is 0. The lowest BCUT2D eigenvalue weighted by molar-refractivity contribution is -0.0233. The molecule has 0 aromatic rings. The summed E-state index contributed by atoms with van der Waals surface area (Å²) in [5, 5.41) is 19.2. The molecule has 1 saturated carbocycles. The number of hydrogen-bond donors (Lipinski definition) is 3. The Balaban J connectivity index is 2.61. The third-order valence-corrected chi connectivity index (χ3v) is 3.69. The first kappa shape index (κ1) is 16.7. The summed E-state index contributed by atoms with van der Waals surface area (Å²) in [6.45, 7) is -0.531. The van der Waals surface area contributed by atoms with Gasteiger partial charge < -0.3 is 19.3 Å². The van der Waals surface area contributed by atoms with Gasteiger partial charge in [-0.2, -0.15) is 0 Å². The van der Waals surface area contributed by atoms with Crippen LogP contribution in [0.15, 0.2) is 0 Å². The van der Waals surface area contributed by atoms with E-state index in [9.17, 15) is 36.2 Å². The van der Waals surface area contributed by atoms with E-state index in [2.05, 4.69) is 4.18 Å². The summed E-state index contributed by atoms with van der Waals surface area (Å²) in [5.74, 6) is -0.652. The van der Waals surface area contributed by atoms with Crippen LogP contribution in [-0.4, -0.2) is 61.0 Å². The molecule has 0 heterocycles. The molecule has 1 aliphatic carbocycles. The highest BCUT2D eigenvalue weighted by atomic mass is 32.3. The Morgan fingerprint density at radius 2 is 1.58 bits per heavy atom. The van der Waals surface area contributed by atoms with Gasteiger partial charge >= 0.3 is 0 Å². The van der Waals surface area contributed by atoms with Crippen LogP contribution in [0.25, 0.3) is 0 Å². The molecule has 1 fully saturated rings. The highest BCUT2D eigenvalue weighted by molar-refractivity contribution is 7.83. The van der Waals surface area contributed by atoms with Gasteiger partial charge in [0.2, 0.25) is 10.4 Å². The van der Waals surface area contributed by atoms with E-state index in [-0.39, 0.29) is 12.8 Å². The van der Waals surface area contributed by atoms with Crippen molar-refractivity contribution in [1.82, 2.24) is 4.72 Å². The van der Waals surface area contributed by atoms with Crippen LogP contribution in [0.3, 0.4) is 0 Å². The molecule has 0 radical (unpaired) electrons. The standard InChI is InChI=1S/C7H15NO9S2/c9-5-1-4(3-17-19(14,15)16)2-6(10)7(5)8-18(11,12)13/h4-10H,1-3H2,(H,11,12,13)(H,14,15,16)/p-2/t4?,5-,6?,7?/m0/s1. The number of nitrogens with one attached hydrogen (secondary N) is 1. The van der Waals surface area contributed by atoms with Gasteiger partial charge in [0, 0.05) is 0 Å². The van der Waals surface area contributed by atoms with Gasteiger partial charge in [-0.05, 0) is 18.8 Å². The van der Waals surface area contributed by atoms with E-state index in [4.69, 9.17) is 0 Å². The topological polar surface area (TPSA) is 176 Å². The molecule has 0 spiro atoms. The average Bonchev–Trinajstić information content (AvgIpc) is 2.18. The van der Waals surface area contributed by atoms with Crippen LogP contribution >= 0.6 is 0 Å². The van der Waals surface area contributed by atoms with E-state index >= 15 is 0 Å². The minimum atomic E-state index is -4.88. The Morgan fingerprint density at radius 3 is 1.95 bits per heavy atom. The summed E-state index contributed by atoms with van der Waals surface area (Å²) in [6, 6.07) is -1.37. The molecule has 10 nitrogen and oxygen atoms in total. The summed E-state index contributed by atoms with van der Waals surface area (Å²) in [7, 11) is -9.72. The first-order valence-corrected chi connectivity index (χ1v) is 7.91. The number of rotatable bonds is 5. The van der Waals surface area contributed by atoms with Crippen LogP contribution in [0.4, 0.5) is 0 Å². The van der Waals surface area contributed by atoms with Crippen LogP contribution in [0.2, 0.25) is 0 Å². The summed E-state index contributed by atoms with van der Waals surface area (Å²) in [4.78, 5) is 0. The molecule has 1 aliphatic rings. The highest BCUT2D eigenvalue weighted by Gasteiger charge is 2.37. The molecule has 12 heteroatoms. The van der Waals surface area contributed by atoms with Gasteiger partial charge in [-0.1, -0.05) is 0 Å². The van der Waals surface area contributed by atoms with Crippen molar-refractivity contribution in [2.24, 2.45) is 5.92 Å². The second kappa shape index (κ2) is 5.97. The Morgan fingerprint density at radius 1 is 1.11 bits per heavy atom. The average molecular weight is 319 g/mol. The highest BCUT2D eigenvalue weighted by Crippen LogP contribution is 2.26. The Hall–Kier alpha value is -0.340. The Bertz CT molecular complexity index is 489. The van der Waals surface area contributed by atoms with E-state index in [1.165, 1.54) is 0 Å². The van der Waals surface area contributed by atoms with Gasteiger partial charge in [0.1, 0.15) is 0 Å². The molecular formula is C7H13NO9S2-2. The predicted octanol–water partition coefficient (Wildman–Crippen LogP) is -2.99. The lowest BCUT2D eigenvalue weighted by Crippen LogP contribution is -2.55. The van der Waals surface area contributed by atoms with Crippen LogP contribution in [-0.2, 0) is 24.9 Å². The minimum Gasteiger partial charge on any atom is -0.735 e. The molecule has 0 saturated heterocycles. The van der Waals surface area contributed by atoms with E-state index in [1.807, 2.05) is 0 Å². The summed E-state index contributed by atoms with van der Waals surface area (Å²) < 4.78 is 67.8. The van der Waals surface area contributed by atoms with Crippen molar-refractivity contribution < 1.29 is 40.3 Å². The molecule has 0 amide bonds. The number of hydrogen-bond acceptors (Lipinski definition) is 9. The van der Waals surface area contributed by atoms with Crippen LogP contribution in [0.5, 0.6) is 0 Å². The molecule has 0 aliphatic heterocycles. The molecule has 4 atom stereocenters. The molecular weight excluding hydrogens is 306 g/mol. The van der Waals surface area contributed by atoms with Gasteiger partial charge in [0.15, 0.2) is 10.3 Å². The van der Waals surface area contributed by atoms with Gasteiger partial charge in [0.05, 0.1) is 24.9 Å². The maximum Gasteiger partial charge on any atom is 0.217 e. The van der Waals surface area contributed by atoms with E-state index < -0.39 is 51.5 Å². The van der Waals surface area contributed by atoms with Crippen LogP contribution in [0, 0.1) is 5.92 Å². The van der Waals surface area contributed by atoms with Gasteiger partial charge in [-0.3, -0.25) is 4.18 Å². The fourth-order valence-electron chi connectivity index (χ4n) is 1.97. The van der Waals surface area contributed by atoms with E-state index in [1.54, 1.807) is 4.72 Å². The maximum atomic E-state index is 10.5. The fourth-order valence-corrected chi connectivity index (χ4v) is 2.97. The van der Waals surface area contributed by atoms with Crippen LogP contribution in [0.1, 0.15) is 12.8 Å². The summed E-state index contributed by atoms with van der Waals surface area (Å²) in [6.07, 6.45) is -3.04. The third kappa shape index (κ3) is 6.09. The van der Waals surface area contributed by atoms with Gasteiger partial charge in [-0.15, -0.1) is 0 Å². The third-order valence-electron chi connectivity index (χ3n) is 2.71. The van der Waals surface area contributed by atoms with Gasteiger partial charge in [-0.25, -0.2) is 21.6 Å². The molecule has 1 rings (SSSR count). The zero-order chi connectivity index (χ0) is 14.8. The zero-order valence-corrected chi connectivity index (χ0v) is 11.1. The first-order valence-electron chi connectivity index (χ1n) is 5.17. The van der Waals surface area contributed by atoms with Crippen molar-refractivity contribution in [3.05, 3.63) is 0 Å². The van der Waals surface area contributed by atoms with Crippen molar-refractivity contribution >= 4 is 20.7 Å². The largest absolute Gasteiger partial charge is 0.735 e. The van der Waals surface area contributed by atoms with Crippen molar-refractivity contribution in [3.63, 3.8) is 0 Å². The lowest BCUT2D eigenvalue weighted by Gasteiger charge is -2.37.